The molecule has 0 aliphatic heterocycles. The number of halogens is 3. The summed E-state index contributed by atoms with van der Waals surface area (Å²) in [6.45, 7) is 0. The van der Waals surface area contributed by atoms with E-state index >= 15 is 0 Å². The van der Waals surface area contributed by atoms with Gasteiger partial charge in [-0.1, -0.05) is 6.07 Å². The maximum atomic E-state index is 13.5. The van der Waals surface area contributed by atoms with E-state index in [4.69, 9.17) is 21.9 Å². The predicted molar refractivity (Wildman–Crippen MR) is 63.8 cm³/mol. The first kappa shape index (κ1) is 13.0. The molecule has 1 unspecified atom stereocenters. The van der Waals surface area contributed by atoms with Gasteiger partial charge in [-0.25, -0.2) is 8.78 Å². The molecule has 0 spiro atoms. The fourth-order valence-electron chi connectivity index (χ4n) is 1.72. The molecule has 0 aliphatic rings. The van der Waals surface area contributed by atoms with Gasteiger partial charge in [0.05, 0.1) is 12.3 Å². The maximum absolute atomic E-state index is 13.5. The van der Waals surface area contributed by atoms with Gasteiger partial charge in [0.2, 0.25) is 0 Å². The van der Waals surface area contributed by atoms with Crippen LogP contribution in [-0.2, 0) is 6.42 Å². The van der Waals surface area contributed by atoms with Crippen molar-refractivity contribution in [1.29, 1.82) is 0 Å². The highest BCUT2D eigenvalue weighted by atomic mass is 35.5. The lowest BCUT2D eigenvalue weighted by atomic mass is 10.0. The maximum Gasteiger partial charge on any atom is 0.197 e. The summed E-state index contributed by atoms with van der Waals surface area (Å²) in [5.74, 6) is 4.18. The molecule has 2 aromatic rings. The van der Waals surface area contributed by atoms with Crippen molar-refractivity contribution in [3.8, 4) is 0 Å². The summed E-state index contributed by atoms with van der Waals surface area (Å²) in [7, 11) is 0. The van der Waals surface area contributed by atoms with Crippen molar-refractivity contribution in [3.63, 3.8) is 0 Å². The molecule has 0 aliphatic carbocycles. The lowest BCUT2D eigenvalue weighted by Gasteiger charge is -2.15. The zero-order valence-electron chi connectivity index (χ0n) is 9.29. The van der Waals surface area contributed by atoms with Crippen molar-refractivity contribution in [2.24, 2.45) is 5.84 Å². The summed E-state index contributed by atoms with van der Waals surface area (Å²) in [4.78, 5) is 0. The first-order valence-electron chi connectivity index (χ1n) is 5.24. The molecule has 0 radical (unpaired) electrons. The first-order chi connectivity index (χ1) is 8.61. The molecule has 96 valence electrons. The zero-order valence-corrected chi connectivity index (χ0v) is 10.0. The van der Waals surface area contributed by atoms with Gasteiger partial charge in [0.15, 0.2) is 5.22 Å². The first-order valence-corrected chi connectivity index (χ1v) is 5.62. The lowest BCUT2D eigenvalue weighted by Crippen LogP contribution is -2.29. The number of rotatable bonds is 4. The van der Waals surface area contributed by atoms with Gasteiger partial charge in [-0.3, -0.25) is 11.3 Å². The molecule has 0 bridgehead atoms. The number of hydrogen-bond donors (Lipinski definition) is 2. The Labute approximate surface area is 108 Å². The van der Waals surface area contributed by atoms with Crippen LogP contribution in [0.2, 0.25) is 5.22 Å². The Morgan fingerprint density at radius 3 is 2.67 bits per heavy atom. The molecule has 3 nitrogen and oxygen atoms in total. The van der Waals surface area contributed by atoms with E-state index in [9.17, 15) is 8.78 Å². The minimum Gasteiger partial charge on any atom is -0.453 e. The average molecular weight is 273 g/mol. The third-order valence-electron chi connectivity index (χ3n) is 2.66. The quantitative estimate of drug-likeness (QED) is 0.665. The molecule has 0 fully saturated rings. The van der Waals surface area contributed by atoms with E-state index in [2.05, 4.69) is 5.43 Å². The molecule has 0 saturated carbocycles. The minimum absolute atomic E-state index is 0.195. The Kier molecular flexibility index (Phi) is 3.96. The van der Waals surface area contributed by atoms with E-state index in [-0.39, 0.29) is 11.6 Å². The Bertz CT molecular complexity index is 545. The average Bonchev–Trinajstić information content (AvgIpc) is 2.75. The second-order valence-corrected chi connectivity index (χ2v) is 4.15. The minimum atomic E-state index is -0.616. The number of nitrogens with two attached hydrogens (primary N) is 1. The lowest BCUT2D eigenvalue weighted by molar-refractivity contribution is 0.510. The Hall–Kier alpha value is -1.43. The van der Waals surface area contributed by atoms with Crippen LogP contribution in [0.1, 0.15) is 17.2 Å². The third kappa shape index (κ3) is 2.69. The zero-order chi connectivity index (χ0) is 13.1. The van der Waals surface area contributed by atoms with Crippen LogP contribution in [0.3, 0.4) is 0 Å². The molecule has 1 aromatic carbocycles. The van der Waals surface area contributed by atoms with Gasteiger partial charge < -0.3 is 4.42 Å². The van der Waals surface area contributed by atoms with Crippen molar-refractivity contribution in [2.45, 2.75) is 12.5 Å². The van der Waals surface area contributed by atoms with Crippen LogP contribution in [-0.4, -0.2) is 0 Å². The van der Waals surface area contributed by atoms with E-state index in [1.807, 2.05) is 0 Å². The van der Waals surface area contributed by atoms with Gasteiger partial charge >= 0.3 is 0 Å². The summed E-state index contributed by atoms with van der Waals surface area (Å²) < 4.78 is 31.3. The van der Waals surface area contributed by atoms with E-state index in [0.29, 0.717) is 11.1 Å². The summed E-state index contributed by atoms with van der Waals surface area (Å²) >= 11 is 5.83. The van der Waals surface area contributed by atoms with Gasteiger partial charge in [0.25, 0.3) is 0 Å². The van der Waals surface area contributed by atoms with Crippen LogP contribution in [0.15, 0.2) is 34.9 Å². The Morgan fingerprint density at radius 2 is 2.11 bits per heavy atom. The highest BCUT2D eigenvalue weighted by Crippen LogP contribution is 2.27. The molecule has 0 amide bonds. The number of nitrogens with one attached hydrogen (secondary N) is 1. The second kappa shape index (κ2) is 5.48. The number of benzene rings is 1. The molecular weight excluding hydrogens is 262 g/mol. The van der Waals surface area contributed by atoms with E-state index in [1.54, 1.807) is 6.07 Å². The number of hydrazine groups is 1. The Balaban J connectivity index is 2.23. The van der Waals surface area contributed by atoms with Crippen LogP contribution in [0.5, 0.6) is 0 Å². The molecule has 3 N–H and O–H groups in total. The monoisotopic (exact) mass is 272 g/mol. The predicted octanol–water partition coefficient (Wildman–Crippen LogP) is 2.96. The third-order valence-corrected chi connectivity index (χ3v) is 2.97. The van der Waals surface area contributed by atoms with Crippen molar-refractivity contribution in [3.05, 3.63) is 58.5 Å². The van der Waals surface area contributed by atoms with Gasteiger partial charge in [0, 0.05) is 11.6 Å². The van der Waals surface area contributed by atoms with Crippen molar-refractivity contribution < 1.29 is 13.2 Å². The van der Waals surface area contributed by atoms with Crippen molar-refractivity contribution >= 4 is 11.6 Å². The highest BCUT2D eigenvalue weighted by Gasteiger charge is 2.18. The molecule has 6 heteroatoms. The fraction of sp³-hybridized carbons (Fsp3) is 0.167. The summed E-state index contributed by atoms with van der Waals surface area (Å²) in [6, 6.07) is 4.65. The van der Waals surface area contributed by atoms with Gasteiger partial charge in [-0.2, -0.15) is 0 Å². The highest BCUT2D eigenvalue weighted by molar-refractivity contribution is 6.29. The molecule has 18 heavy (non-hydrogen) atoms. The van der Waals surface area contributed by atoms with Crippen molar-refractivity contribution in [1.82, 2.24) is 5.43 Å². The standard InChI is InChI=1S/C12H11ClF2N2O/c13-12-9(3-4-18-12)11(17-16)5-7-1-2-8(14)6-10(7)15/h1-4,6,11,17H,5,16H2. The molecule has 1 atom stereocenters. The van der Waals surface area contributed by atoms with Crippen LogP contribution in [0, 0.1) is 11.6 Å². The van der Waals surface area contributed by atoms with Crippen LogP contribution >= 0.6 is 11.6 Å². The van der Waals surface area contributed by atoms with Gasteiger partial charge in [0.1, 0.15) is 11.6 Å². The molecule has 1 heterocycles. The van der Waals surface area contributed by atoms with Crippen LogP contribution in [0.25, 0.3) is 0 Å². The summed E-state index contributed by atoms with van der Waals surface area (Å²) in [6.07, 6.45) is 1.66. The van der Waals surface area contributed by atoms with Crippen LogP contribution in [0.4, 0.5) is 8.78 Å². The topological polar surface area (TPSA) is 51.2 Å². The largest absolute Gasteiger partial charge is 0.453 e. The van der Waals surface area contributed by atoms with Gasteiger partial charge in [-0.05, 0) is 35.7 Å². The van der Waals surface area contributed by atoms with Crippen molar-refractivity contribution in [2.75, 3.05) is 0 Å². The fourth-order valence-corrected chi connectivity index (χ4v) is 1.97. The smallest absolute Gasteiger partial charge is 0.197 e. The van der Waals surface area contributed by atoms with E-state index in [0.717, 1.165) is 6.07 Å². The van der Waals surface area contributed by atoms with Gasteiger partial charge in [-0.15, -0.1) is 0 Å². The van der Waals surface area contributed by atoms with Crippen LogP contribution < -0.4 is 11.3 Å². The summed E-state index contributed by atoms with van der Waals surface area (Å²) in [5, 5.41) is 0.195. The molecule has 1 aromatic heterocycles. The number of furan rings is 1. The van der Waals surface area contributed by atoms with E-state index in [1.165, 1.54) is 18.4 Å². The molecule has 0 saturated heterocycles. The normalized spacial score (nSPS) is 12.7. The van der Waals surface area contributed by atoms with E-state index < -0.39 is 17.7 Å². The number of hydrogen-bond acceptors (Lipinski definition) is 3. The Morgan fingerprint density at radius 1 is 1.33 bits per heavy atom. The molecule has 2 rings (SSSR count). The molecular formula is C12H11ClF2N2O. The second-order valence-electron chi connectivity index (χ2n) is 3.81. The SMILES string of the molecule is NNC(Cc1ccc(F)cc1F)c1ccoc1Cl. The summed E-state index contributed by atoms with van der Waals surface area (Å²) in [5.41, 5.74) is 3.50.